The van der Waals surface area contributed by atoms with Crippen LogP contribution in [0.1, 0.15) is 20.3 Å². The van der Waals surface area contributed by atoms with E-state index in [1.807, 2.05) is 13.8 Å². The van der Waals surface area contributed by atoms with E-state index in [9.17, 15) is 5.11 Å². The first-order chi connectivity index (χ1) is 5.02. The molecule has 3 heteroatoms. The minimum Gasteiger partial charge on any atom is -0.391 e. The molecule has 68 valence electrons. The number of aliphatic hydroxyl groups excluding tert-OH is 1. The average Bonchev–Trinajstić information content (AvgIpc) is 1.87. The highest BCUT2D eigenvalue weighted by Crippen LogP contribution is 2.15. The fraction of sp³-hybridized carbons (Fsp3) is 1.00. The maximum Gasteiger partial charge on any atom is 0.0800 e. The first kappa shape index (κ1) is 10.9. The molecule has 3 nitrogen and oxygen atoms in total. The van der Waals surface area contributed by atoms with Gasteiger partial charge in [-0.15, -0.1) is 0 Å². The minimum atomic E-state index is -0.435. The van der Waals surface area contributed by atoms with Crippen LogP contribution in [-0.2, 0) is 9.47 Å². The molecule has 0 bridgehead atoms. The van der Waals surface area contributed by atoms with Crippen molar-refractivity contribution in [2.45, 2.75) is 32.0 Å². The van der Waals surface area contributed by atoms with Crippen molar-refractivity contribution in [1.29, 1.82) is 0 Å². The zero-order valence-electron chi connectivity index (χ0n) is 7.76. The van der Waals surface area contributed by atoms with E-state index in [4.69, 9.17) is 9.47 Å². The van der Waals surface area contributed by atoms with E-state index in [0.29, 0.717) is 13.0 Å². The van der Waals surface area contributed by atoms with Gasteiger partial charge in [-0.1, -0.05) is 0 Å². The van der Waals surface area contributed by atoms with Crippen molar-refractivity contribution in [3.05, 3.63) is 0 Å². The van der Waals surface area contributed by atoms with Gasteiger partial charge >= 0.3 is 0 Å². The van der Waals surface area contributed by atoms with Crippen LogP contribution < -0.4 is 0 Å². The summed E-state index contributed by atoms with van der Waals surface area (Å²) >= 11 is 0. The maximum atomic E-state index is 9.31. The van der Waals surface area contributed by atoms with Gasteiger partial charge in [0.25, 0.3) is 0 Å². The summed E-state index contributed by atoms with van der Waals surface area (Å²) in [5.74, 6) is 0. The summed E-state index contributed by atoms with van der Waals surface area (Å²) in [7, 11) is 3.21. The fourth-order valence-corrected chi connectivity index (χ4v) is 0.902. The third-order valence-electron chi connectivity index (χ3n) is 1.64. The number of ether oxygens (including phenoxy) is 2. The molecule has 0 aromatic rings. The van der Waals surface area contributed by atoms with Crippen molar-refractivity contribution in [1.82, 2.24) is 0 Å². The van der Waals surface area contributed by atoms with Gasteiger partial charge in [-0.05, 0) is 13.8 Å². The lowest BCUT2D eigenvalue weighted by molar-refractivity contribution is -0.0377. The van der Waals surface area contributed by atoms with Gasteiger partial charge in [0.2, 0.25) is 0 Å². The lowest BCUT2D eigenvalue weighted by atomic mass is 10.0. The Bertz CT molecular complexity index is 102. The number of aliphatic hydroxyl groups is 1. The third-order valence-corrected chi connectivity index (χ3v) is 1.64. The standard InChI is InChI=1S/C8H18O3/c1-8(2,11-4)5-7(9)6-10-3/h7,9H,5-6H2,1-4H3. The van der Waals surface area contributed by atoms with Gasteiger partial charge in [0.1, 0.15) is 0 Å². The molecule has 0 aromatic carbocycles. The summed E-state index contributed by atoms with van der Waals surface area (Å²) in [5, 5.41) is 9.31. The fourth-order valence-electron chi connectivity index (χ4n) is 0.902. The molecule has 1 N–H and O–H groups in total. The smallest absolute Gasteiger partial charge is 0.0800 e. The molecule has 0 saturated carbocycles. The predicted octanol–water partition coefficient (Wildman–Crippen LogP) is 0.809. The van der Waals surface area contributed by atoms with E-state index in [2.05, 4.69) is 0 Å². The van der Waals surface area contributed by atoms with Crippen molar-refractivity contribution in [3.63, 3.8) is 0 Å². The summed E-state index contributed by atoms with van der Waals surface area (Å²) in [4.78, 5) is 0. The van der Waals surface area contributed by atoms with E-state index >= 15 is 0 Å². The van der Waals surface area contributed by atoms with Gasteiger partial charge in [-0.3, -0.25) is 0 Å². The Kier molecular flexibility index (Phi) is 4.65. The van der Waals surface area contributed by atoms with Gasteiger partial charge in [-0.2, -0.15) is 0 Å². The molecule has 0 aliphatic carbocycles. The molecule has 0 amide bonds. The van der Waals surface area contributed by atoms with Crippen LogP contribution in [0, 0.1) is 0 Å². The van der Waals surface area contributed by atoms with Gasteiger partial charge in [0.05, 0.1) is 18.3 Å². The molecule has 0 aromatic heterocycles. The summed E-state index contributed by atoms with van der Waals surface area (Å²) in [6, 6.07) is 0. The minimum absolute atomic E-state index is 0.266. The first-order valence-corrected chi connectivity index (χ1v) is 3.74. The molecule has 0 rings (SSSR count). The summed E-state index contributed by atoms with van der Waals surface area (Å²) < 4.78 is 9.93. The Labute approximate surface area is 68.3 Å². The van der Waals surface area contributed by atoms with Crippen molar-refractivity contribution in [2.75, 3.05) is 20.8 Å². The monoisotopic (exact) mass is 162 g/mol. The van der Waals surface area contributed by atoms with E-state index in [1.165, 1.54) is 0 Å². The predicted molar refractivity (Wildman–Crippen MR) is 43.6 cm³/mol. The van der Waals surface area contributed by atoms with Crippen LogP contribution in [0.4, 0.5) is 0 Å². The van der Waals surface area contributed by atoms with Crippen molar-refractivity contribution in [3.8, 4) is 0 Å². The van der Waals surface area contributed by atoms with Crippen molar-refractivity contribution >= 4 is 0 Å². The summed E-state index contributed by atoms with van der Waals surface area (Å²) in [6.45, 7) is 4.24. The average molecular weight is 162 g/mol. The topological polar surface area (TPSA) is 38.7 Å². The first-order valence-electron chi connectivity index (χ1n) is 3.74. The van der Waals surface area contributed by atoms with E-state index in [0.717, 1.165) is 0 Å². The van der Waals surface area contributed by atoms with Crippen LogP contribution >= 0.6 is 0 Å². The van der Waals surface area contributed by atoms with Gasteiger partial charge in [-0.25, -0.2) is 0 Å². The summed E-state index contributed by atoms with van der Waals surface area (Å²) in [5.41, 5.74) is -0.266. The molecule has 0 saturated heterocycles. The third kappa shape index (κ3) is 5.18. The summed E-state index contributed by atoms with van der Waals surface area (Å²) in [6.07, 6.45) is 0.159. The second-order valence-electron chi connectivity index (χ2n) is 3.28. The Balaban J connectivity index is 3.64. The van der Waals surface area contributed by atoms with Crippen LogP contribution in [0.25, 0.3) is 0 Å². The molecule has 0 spiro atoms. The zero-order valence-corrected chi connectivity index (χ0v) is 7.76. The lowest BCUT2D eigenvalue weighted by Gasteiger charge is -2.25. The highest BCUT2D eigenvalue weighted by Gasteiger charge is 2.20. The van der Waals surface area contributed by atoms with E-state index in [1.54, 1.807) is 14.2 Å². The Morgan fingerprint density at radius 2 is 1.91 bits per heavy atom. The Morgan fingerprint density at radius 1 is 1.36 bits per heavy atom. The zero-order chi connectivity index (χ0) is 8.91. The van der Waals surface area contributed by atoms with Crippen LogP contribution in [0.15, 0.2) is 0 Å². The Hall–Kier alpha value is -0.120. The maximum absolute atomic E-state index is 9.31. The molecule has 0 aliphatic heterocycles. The molecule has 1 unspecified atom stereocenters. The van der Waals surface area contributed by atoms with Crippen LogP contribution in [-0.4, -0.2) is 37.6 Å². The van der Waals surface area contributed by atoms with Crippen LogP contribution in [0.2, 0.25) is 0 Å². The SMILES string of the molecule is COCC(O)CC(C)(C)OC. The highest BCUT2D eigenvalue weighted by atomic mass is 16.5. The molecule has 0 radical (unpaired) electrons. The molecule has 0 heterocycles. The number of hydrogen-bond acceptors (Lipinski definition) is 3. The van der Waals surface area contributed by atoms with Crippen molar-refractivity contribution in [2.24, 2.45) is 0 Å². The molecular weight excluding hydrogens is 144 g/mol. The second-order valence-corrected chi connectivity index (χ2v) is 3.28. The lowest BCUT2D eigenvalue weighted by Crippen LogP contribution is -2.30. The van der Waals surface area contributed by atoms with E-state index in [-0.39, 0.29) is 5.60 Å². The molecular formula is C8H18O3. The quantitative estimate of drug-likeness (QED) is 0.650. The van der Waals surface area contributed by atoms with Gasteiger partial charge in [0.15, 0.2) is 0 Å². The van der Waals surface area contributed by atoms with Gasteiger partial charge < -0.3 is 14.6 Å². The van der Waals surface area contributed by atoms with Gasteiger partial charge in [0, 0.05) is 20.6 Å². The van der Waals surface area contributed by atoms with E-state index < -0.39 is 6.10 Å². The van der Waals surface area contributed by atoms with Crippen LogP contribution in [0.3, 0.4) is 0 Å². The number of rotatable bonds is 5. The molecule has 0 aliphatic rings. The van der Waals surface area contributed by atoms with Crippen molar-refractivity contribution < 1.29 is 14.6 Å². The molecule has 11 heavy (non-hydrogen) atoms. The number of hydrogen-bond donors (Lipinski definition) is 1. The molecule has 1 atom stereocenters. The highest BCUT2D eigenvalue weighted by molar-refractivity contribution is 4.72. The second kappa shape index (κ2) is 4.70. The normalized spacial score (nSPS) is 15.0. The van der Waals surface area contributed by atoms with Crippen LogP contribution in [0.5, 0.6) is 0 Å². The number of methoxy groups -OCH3 is 2. The Morgan fingerprint density at radius 3 is 2.27 bits per heavy atom. The largest absolute Gasteiger partial charge is 0.391 e. The molecule has 0 fully saturated rings.